The van der Waals surface area contributed by atoms with Crippen LogP contribution in [0.4, 0.5) is 5.82 Å². The summed E-state index contributed by atoms with van der Waals surface area (Å²) in [5, 5.41) is 13.8. The van der Waals surface area contributed by atoms with Crippen LogP contribution in [-0.4, -0.2) is 27.2 Å². The molecule has 2 aromatic rings. The van der Waals surface area contributed by atoms with Crippen molar-refractivity contribution in [2.24, 2.45) is 0 Å². The van der Waals surface area contributed by atoms with Crippen LogP contribution < -0.4 is 5.32 Å². The molecule has 96 valence electrons. The molecule has 1 unspecified atom stereocenters. The van der Waals surface area contributed by atoms with Gasteiger partial charge < -0.3 is 10.4 Å². The molecular formula is C13H16ClN3O. The number of rotatable bonds is 4. The van der Waals surface area contributed by atoms with Crippen LogP contribution in [0.5, 0.6) is 0 Å². The van der Waals surface area contributed by atoms with Crippen LogP contribution in [0.3, 0.4) is 0 Å². The highest BCUT2D eigenvalue weighted by molar-refractivity contribution is 6.28. The van der Waals surface area contributed by atoms with Crippen molar-refractivity contribution in [1.29, 1.82) is 0 Å². The van der Waals surface area contributed by atoms with E-state index in [9.17, 15) is 5.11 Å². The minimum absolute atomic E-state index is 0.0272. The predicted molar refractivity (Wildman–Crippen MR) is 74.0 cm³/mol. The van der Waals surface area contributed by atoms with Gasteiger partial charge in [-0.1, -0.05) is 19.1 Å². The number of nitrogens with one attached hydrogen (secondary N) is 1. The monoisotopic (exact) mass is 265 g/mol. The molecule has 0 aliphatic carbocycles. The summed E-state index contributed by atoms with van der Waals surface area (Å²) in [5.41, 5.74) is 0.372. The number of hydrogen-bond acceptors (Lipinski definition) is 4. The van der Waals surface area contributed by atoms with Gasteiger partial charge in [-0.2, -0.15) is 0 Å². The highest BCUT2D eigenvalue weighted by Crippen LogP contribution is 2.25. The second-order valence-corrected chi connectivity index (χ2v) is 4.89. The Morgan fingerprint density at radius 2 is 2.06 bits per heavy atom. The van der Waals surface area contributed by atoms with Gasteiger partial charge in [0.25, 0.3) is 0 Å². The van der Waals surface area contributed by atoms with E-state index >= 15 is 0 Å². The van der Waals surface area contributed by atoms with Crippen molar-refractivity contribution in [2.75, 3.05) is 11.9 Å². The van der Waals surface area contributed by atoms with Crippen molar-refractivity contribution < 1.29 is 5.11 Å². The smallest absolute Gasteiger partial charge is 0.224 e. The number of aromatic nitrogens is 2. The van der Waals surface area contributed by atoms with Crippen molar-refractivity contribution in [3.8, 4) is 0 Å². The molecule has 5 heteroatoms. The number of aliphatic hydroxyl groups is 1. The molecule has 0 saturated heterocycles. The van der Waals surface area contributed by atoms with E-state index in [0.717, 1.165) is 17.3 Å². The van der Waals surface area contributed by atoms with E-state index in [0.29, 0.717) is 5.82 Å². The molecule has 0 aliphatic heterocycles. The van der Waals surface area contributed by atoms with Crippen LogP contribution in [0.2, 0.25) is 5.28 Å². The lowest BCUT2D eigenvalue weighted by Crippen LogP contribution is -2.38. The summed E-state index contributed by atoms with van der Waals surface area (Å²) in [6.07, 6.45) is 0.777. The molecule has 1 atom stereocenters. The van der Waals surface area contributed by atoms with Crippen LogP contribution in [-0.2, 0) is 0 Å². The number of benzene rings is 1. The maximum Gasteiger partial charge on any atom is 0.224 e. The summed E-state index contributed by atoms with van der Waals surface area (Å²) in [6.45, 7) is 3.98. The summed E-state index contributed by atoms with van der Waals surface area (Å²) in [4.78, 5) is 8.38. The first-order valence-corrected chi connectivity index (χ1v) is 6.27. The van der Waals surface area contributed by atoms with Crippen molar-refractivity contribution in [3.05, 3.63) is 29.5 Å². The highest BCUT2D eigenvalue weighted by atomic mass is 35.5. The summed E-state index contributed by atoms with van der Waals surface area (Å²) >= 11 is 5.91. The summed E-state index contributed by atoms with van der Waals surface area (Å²) < 4.78 is 0. The number of fused-ring (bicyclic) bond motifs is 1. The van der Waals surface area contributed by atoms with Gasteiger partial charge in [0, 0.05) is 5.39 Å². The van der Waals surface area contributed by atoms with E-state index in [1.165, 1.54) is 0 Å². The third kappa shape index (κ3) is 2.54. The van der Waals surface area contributed by atoms with Crippen molar-refractivity contribution in [2.45, 2.75) is 25.8 Å². The highest BCUT2D eigenvalue weighted by Gasteiger charge is 2.22. The van der Waals surface area contributed by atoms with Crippen LogP contribution in [0.1, 0.15) is 20.3 Å². The number of nitrogens with zero attached hydrogens (tertiary/aromatic N) is 2. The Morgan fingerprint density at radius 3 is 2.72 bits per heavy atom. The minimum atomic E-state index is -0.416. The minimum Gasteiger partial charge on any atom is -0.394 e. The maximum atomic E-state index is 9.45. The Bertz CT molecular complexity index is 555. The van der Waals surface area contributed by atoms with Gasteiger partial charge in [-0.3, -0.25) is 0 Å². The molecule has 0 aliphatic rings. The van der Waals surface area contributed by atoms with Crippen molar-refractivity contribution >= 4 is 28.3 Å². The molecule has 0 radical (unpaired) electrons. The van der Waals surface area contributed by atoms with Gasteiger partial charge in [0.05, 0.1) is 17.7 Å². The molecule has 0 spiro atoms. The molecule has 0 amide bonds. The predicted octanol–water partition coefficient (Wildman–Crippen LogP) is 2.86. The SMILES string of the molecule is CCC(C)(CO)Nc1nc(Cl)nc2ccccc12. The van der Waals surface area contributed by atoms with Gasteiger partial charge in [-0.25, -0.2) is 9.97 Å². The fourth-order valence-corrected chi connectivity index (χ4v) is 1.84. The average Bonchev–Trinajstić information content (AvgIpc) is 2.38. The van der Waals surface area contributed by atoms with Crippen molar-refractivity contribution in [1.82, 2.24) is 9.97 Å². The second-order valence-electron chi connectivity index (χ2n) is 4.56. The molecule has 4 nitrogen and oxygen atoms in total. The molecule has 18 heavy (non-hydrogen) atoms. The Balaban J connectivity index is 2.50. The van der Waals surface area contributed by atoms with Gasteiger partial charge in [0.2, 0.25) is 5.28 Å². The van der Waals surface area contributed by atoms with Gasteiger partial charge in [0.1, 0.15) is 5.82 Å². The second kappa shape index (κ2) is 5.08. The molecule has 1 heterocycles. The topological polar surface area (TPSA) is 58.0 Å². The fourth-order valence-electron chi connectivity index (χ4n) is 1.67. The number of para-hydroxylation sites is 1. The first-order chi connectivity index (χ1) is 8.58. The average molecular weight is 266 g/mol. The molecule has 0 fully saturated rings. The molecule has 0 bridgehead atoms. The molecule has 0 saturated carbocycles. The Morgan fingerprint density at radius 1 is 1.33 bits per heavy atom. The van der Waals surface area contributed by atoms with E-state index in [-0.39, 0.29) is 11.9 Å². The van der Waals surface area contributed by atoms with E-state index in [1.54, 1.807) is 0 Å². The van der Waals surface area contributed by atoms with E-state index < -0.39 is 5.54 Å². The largest absolute Gasteiger partial charge is 0.394 e. The first-order valence-electron chi connectivity index (χ1n) is 5.89. The Hall–Kier alpha value is -1.39. The molecule has 2 N–H and O–H groups in total. The molecular weight excluding hydrogens is 250 g/mol. The Labute approximate surface area is 111 Å². The summed E-state index contributed by atoms with van der Waals surface area (Å²) in [7, 11) is 0. The van der Waals surface area contributed by atoms with Crippen LogP contribution in [0, 0.1) is 0 Å². The lowest BCUT2D eigenvalue weighted by atomic mass is 10.00. The van der Waals surface area contributed by atoms with Gasteiger partial charge >= 0.3 is 0 Å². The maximum absolute atomic E-state index is 9.45. The summed E-state index contributed by atoms with van der Waals surface area (Å²) in [6, 6.07) is 7.64. The van der Waals surface area contributed by atoms with Gasteiger partial charge in [0.15, 0.2) is 0 Å². The summed E-state index contributed by atoms with van der Waals surface area (Å²) in [5.74, 6) is 0.656. The zero-order chi connectivity index (χ0) is 13.2. The standard InChI is InChI=1S/C13H16ClN3O/c1-3-13(2,8-18)17-11-9-6-4-5-7-10(9)15-12(14)16-11/h4-7,18H,3,8H2,1-2H3,(H,15,16,17). The third-order valence-electron chi connectivity index (χ3n) is 3.13. The third-order valence-corrected chi connectivity index (χ3v) is 3.29. The number of aliphatic hydroxyl groups excluding tert-OH is 1. The van der Waals surface area contributed by atoms with Gasteiger partial charge in [-0.15, -0.1) is 0 Å². The molecule has 1 aromatic heterocycles. The first kappa shape index (κ1) is 13.1. The normalized spacial score (nSPS) is 14.4. The van der Waals surface area contributed by atoms with Crippen LogP contribution in [0.15, 0.2) is 24.3 Å². The zero-order valence-corrected chi connectivity index (χ0v) is 11.2. The number of anilines is 1. The van der Waals surface area contributed by atoms with E-state index in [4.69, 9.17) is 11.6 Å². The fraction of sp³-hybridized carbons (Fsp3) is 0.385. The number of halogens is 1. The Kier molecular flexibility index (Phi) is 3.68. The lowest BCUT2D eigenvalue weighted by Gasteiger charge is -2.28. The van der Waals surface area contributed by atoms with E-state index in [1.807, 2.05) is 38.1 Å². The van der Waals surface area contributed by atoms with Gasteiger partial charge in [-0.05, 0) is 37.1 Å². The quantitative estimate of drug-likeness (QED) is 0.835. The van der Waals surface area contributed by atoms with Crippen LogP contribution in [0.25, 0.3) is 10.9 Å². The molecule has 2 rings (SSSR count). The zero-order valence-electron chi connectivity index (χ0n) is 10.4. The van der Waals surface area contributed by atoms with E-state index in [2.05, 4.69) is 15.3 Å². The lowest BCUT2D eigenvalue weighted by molar-refractivity contribution is 0.218. The van der Waals surface area contributed by atoms with Crippen LogP contribution >= 0.6 is 11.6 Å². The number of hydrogen-bond donors (Lipinski definition) is 2. The van der Waals surface area contributed by atoms with Crippen molar-refractivity contribution in [3.63, 3.8) is 0 Å². The molecule has 1 aromatic carbocycles.